The lowest BCUT2D eigenvalue weighted by molar-refractivity contribution is 0.0824. The van der Waals surface area contributed by atoms with Gasteiger partial charge in [-0.15, -0.1) is 0 Å². The number of aromatic nitrogens is 1. The Balaban J connectivity index is 2.09. The molecule has 0 aliphatic carbocycles. The minimum atomic E-state index is -0.287. The molecule has 0 saturated carbocycles. The third-order valence-electron chi connectivity index (χ3n) is 4.13. The summed E-state index contributed by atoms with van der Waals surface area (Å²) < 4.78 is 5.24. The monoisotopic (exact) mass is 370 g/mol. The van der Waals surface area contributed by atoms with Crippen LogP contribution in [-0.4, -0.2) is 55.0 Å². The van der Waals surface area contributed by atoms with E-state index in [1.165, 1.54) is 16.9 Å². The van der Waals surface area contributed by atoms with Gasteiger partial charge in [-0.25, -0.2) is 4.79 Å². The van der Waals surface area contributed by atoms with Crippen LogP contribution in [0.15, 0.2) is 36.5 Å². The molecule has 0 fully saturated rings. The quantitative estimate of drug-likeness (QED) is 0.848. The number of aryl methyl sites for hydroxylation is 1. The Morgan fingerprint density at radius 2 is 1.89 bits per heavy atom. The number of carbonyl (C=O) groups is 2. The van der Waals surface area contributed by atoms with Crippen LogP contribution < -0.4 is 10.1 Å². The first-order chi connectivity index (χ1) is 12.8. The summed E-state index contributed by atoms with van der Waals surface area (Å²) in [5, 5.41) is 2.80. The first kappa shape index (κ1) is 20.2. The fraction of sp³-hybridized carbons (Fsp3) is 0.350. The molecular formula is C20H26N4O3. The highest BCUT2D eigenvalue weighted by Crippen LogP contribution is 2.24. The molecule has 3 amide bonds. The fourth-order valence-corrected chi connectivity index (χ4v) is 2.49. The van der Waals surface area contributed by atoms with E-state index in [0.717, 1.165) is 17.7 Å². The number of benzene rings is 1. The number of hydrogen-bond donors (Lipinski definition) is 1. The number of anilines is 1. The highest BCUT2D eigenvalue weighted by molar-refractivity contribution is 5.99. The summed E-state index contributed by atoms with van der Waals surface area (Å²) in [6.45, 7) is 2.45. The number of rotatable bonds is 6. The van der Waals surface area contributed by atoms with Crippen LogP contribution in [-0.2, 0) is 13.0 Å². The summed E-state index contributed by atoms with van der Waals surface area (Å²) in [5.41, 5.74) is 2.87. The van der Waals surface area contributed by atoms with Crippen LogP contribution in [0.5, 0.6) is 5.75 Å². The van der Waals surface area contributed by atoms with Gasteiger partial charge in [0.1, 0.15) is 5.75 Å². The fourth-order valence-electron chi connectivity index (χ4n) is 2.49. The van der Waals surface area contributed by atoms with Crippen molar-refractivity contribution in [2.75, 3.05) is 33.6 Å². The molecule has 7 heteroatoms. The molecule has 27 heavy (non-hydrogen) atoms. The summed E-state index contributed by atoms with van der Waals surface area (Å²) in [6.07, 6.45) is 2.75. The van der Waals surface area contributed by atoms with Gasteiger partial charge in [0.05, 0.1) is 24.9 Å². The van der Waals surface area contributed by atoms with Crippen molar-refractivity contribution >= 4 is 17.6 Å². The maximum atomic E-state index is 12.5. The van der Waals surface area contributed by atoms with E-state index in [-0.39, 0.29) is 11.9 Å². The highest BCUT2D eigenvalue weighted by Gasteiger charge is 2.17. The zero-order valence-corrected chi connectivity index (χ0v) is 16.4. The Labute approximate surface area is 159 Å². The summed E-state index contributed by atoms with van der Waals surface area (Å²) >= 11 is 0. The second kappa shape index (κ2) is 9.02. The molecular weight excluding hydrogens is 344 g/mol. The van der Waals surface area contributed by atoms with Gasteiger partial charge in [0.25, 0.3) is 5.91 Å². The molecule has 1 aromatic carbocycles. The van der Waals surface area contributed by atoms with Crippen LogP contribution in [0.3, 0.4) is 0 Å². The first-order valence-electron chi connectivity index (χ1n) is 8.71. The molecule has 1 aromatic heterocycles. The number of methoxy groups -OCH3 is 1. The third kappa shape index (κ3) is 5.20. The molecule has 7 nitrogen and oxygen atoms in total. The van der Waals surface area contributed by atoms with E-state index in [4.69, 9.17) is 4.74 Å². The van der Waals surface area contributed by atoms with Gasteiger partial charge < -0.3 is 19.9 Å². The molecule has 1 N–H and O–H groups in total. The predicted octanol–water partition coefficient (Wildman–Crippen LogP) is 3.02. The van der Waals surface area contributed by atoms with Gasteiger partial charge in [0, 0.05) is 33.0 Å². The van der Waals surface area contributed by atoms with Crippen LogP contribution in [0.4, 0.5) is 10.5 Å². The van der Waals surface area contributed by atoms with E-state index < -0.39 is 0 Å². The molecule has 144 valence electrons. The van der Waals surface area contributed by atoms with Gasteiger partial charge in [-0.2, -0.15) is 0 Å². The van der Waals surface area contributed by atoms with E-state index in [0.29, 0.717) is 23.5 Å². The lowest BCUT2D eigenvalue weighted by Crippen LogP contribution is -2.31. The second-order valence-corrected chi connectivity index (χ2v) is 6.41. The van der Waals surface area contributed by atoms with Crippen molar-refractivity contribution in [3.63, 3.8) is 0 Å². The van der Waals surface area contributed by atoms with Gasteiger partial charge >= 0.3 is 6.03 Å². The van der Waals surface area contributed by atoms with Gasteiger partial charge in [-0.3, -0.25) is 9.78 Å². The number of nitrogens with one attached hydrogen (secondary N) is 1. The van der Waals surface area contributed by atoms with Crippen molar-refractivity contribution in [1.82, 2.24) is 14.8 Å². The molecule has 0 radical (unpaired) electrons. The molecule has 2 rings (SSSR count). The Bertz CT molecular complexity index is 803. The van der Waals surface area contributed by atoms with Crippen molar-refractivity contribution in [2.45, 2.75) is 19.9 Å². The molecule has 2 aromatic rings. The molecule has 0 bridgehead atoms. The maximum absolute atomic E-state index is 12.5. The van der Waals surface area contributed by atoms with Crippen molar-refractivity contribution in [3.8, 4) is 5.75 Å². The lowest BCUT2D eigenvalue weighted by Gasteiger charge is -2.19. The Morgan fingerprint density at radius 1 is 1.15 bits per heavy atom. The largest absolute Gasteiger partial charge is 0.496 e. The van der Waals surface area contributed by atoms with E-state index in [2.05, 4.69) is 17.2 Å². The van der Waals surface area contributed by atoms with Gasteiger partial charge in [0.15, 0.2) is 0 Å². The van der Waals surface area contributed by atoms with Crippen LogP contribution in [0.1, 0.15) is 28.5 Å². The van der Waals surface area contributed by atoms with Gasteiger partial charge in [-0.1, -0.05) is 13.0 Å². The highest BCUT2D eigenvalue weighted by atomic mass is 16.5. The number of hydrogen-bond acceptors (Lipinski definition) is 4. The Kier molecular flexibility index (Phi) is 6.76. The minimum absolute atomic E-state index is 0.198. The molecule has 0 atom stereocenters. The van der Waals surface area contributed by atoms with Gasteiger partial charge in [-0.05, 0) is 36.2 Å². The Morgan fingerprint density at radius 3 is 2.44 bits per heavy atom. The number of urea groups is 1. The average Bonchev–Trinajstić information content (AvgIpc) is 2.67. The molecule has 1 heterocycles. The molecule has 0 aliphatic heterocycles. The van der Waals surface area contributed by atoms with Crippen LogP contribution in [0, 0.1) is 0 Å². The average molecular weight is 370 g/mol. The van der Waals surface area contributed by atoms with Gasteiger partial charge in [0.2, 0.25) is 0 Å². The summed E-state index contributed by atoms with van der Waals surface area (Å²) in [4.78, 5) is 32.1. The van der Waals surface area contributed by atoms with Crippen LogP contribution in [0.2, 0.25) is 0 Å². The van der Waals surface area contributed by atoms with E-state index in [1.807, 2.05) is 18.3 Å². The smallest absolute Gasteiger partial charge is 0.321 e. The zero-order valence-electron chi connectivity index (χ0n) is 16.4. The predicted molar refractivity (Wildman–Crippen MR) is 105 cm³/mol. The van der Waals surface area contributed by atoms with Crippen LogP contribution >= 0.6 is 0 Å². The second-order valence-electron chi connectivity index (χ2n) is 6.41. The minimum Gasteiger partial charge on any atom is -0.496 e. The number of carbonyl (C=O) groups excluding carboxylic acids is 2. The first-order valence-corrected chi connectivity index (χ1v) is 8.71. The number of nitrogens with zero attached hydrogens (tertiary/aromatic N) is 3. The topological polar surface area (TPSA) is 74.8 Å². The number of pyridine rings is 1. The van der Waals surface area contributed by atoms with Crippen molar-refractivity contribution in [2.24, 2.45) is 0 Å². The summed E-state index contributed by atoms with van der Waals surface area (Å²) in [5.74, 6) is 0.261. The van der Waals surface area contributed by atoms with Crippen LogP contribution in [0.25, 0.3) is 0 Å². The van der Waals surface area contributed by atoms with Crippen molar-refractivity contribution in [3.05, 3.63) is 53.3 Å². The van der Waals surface area contributed by atoms with E-state index >= 15 is 0 Å². The van der Waals surface area contributed by atoms with Crippen molar-refractivity contribution < 1.29 is 14.3 Å². The van der Waals surface area contributed by atoms with E-state index in [9.17, 15) is 9.59 Å². The van der Waals surface area contributed by atoms with E-state index in [1.54, 1.807) is 39.3 Å². The van der Waals surface area contributed by atoms with Crippen molar-refractivity contribution in [1.29, 1.82) is 0 Å². The Hall–Kier alpha value is -3.09. The lowest BCUT2D eigenvalue weighted by atomic mass is 10.1. The summed E-state index contributed by atoms with van der Waals surface area (Å²) in [7, 11) is 6.53. The molecule has 0 unspecified atom stereocenters. The SMILES string of the molecule is CCc1ccc(CN(C)C(=O)Nc2ccc(OC)c(C(=O)N(C)C)c2)nc1. The molecule has 0 aliphatic rings. The standard InChI is InChI=1S/C20H26N4O3/c1-6-14-7-8-16(21-12-14)13-24(4)20(26)22-15-9-10-18(27-5)17(11-15)19(25)23(2)3/h7-12H,6,13H2,1-5H3,(H,22,26). The maximum Gasteiger partial charge on any atom is 0.321 e. The number of ether oxygens (including phenoxy) is 1. The normalized spacial score (nSPS) is 10.3. The molecule has 0 saturated heterocycles. The third-order valence-corrected chi connectivity index (χ3v) is 4.13. The zero-order chi connectivity index (χ0) is 20.0. The number of amides is 3. The summed E-state index contributed by atoms with van der Waals surface area (Å²) in [6, 6.07) is 8.62. The molecule has 0 spiro atoms.